The highest BCUT2D eigenvalue weighted by Gasteiger charge is 2.28. The number of amides is 1. The van der Waals surface area contributed by atoms with Gasteiger partial charge in [0.25, 0.3) is 5.91 Å². The molecule has 1 N–H and O–H groups in total. The molecule has 1 heterocycles. The van der Waals surface area contributed by atoms with Crippen LogP contribution in [-0.2, 0) is 16.5 Å². The van der Waals surface area contributed by atoms with E-state index < -0.39 is 0 Å². The zero-order valence-electron chi connectivity index (χ0n) is 17.0. The average molecular weight is 386 g/mol. The third kappa shape index (κ3) is 4.86. The molecule has 6 heteroatoms. The van der Waals surface area contributed by atoms with Gasteiger partial charge in [0.2, 0.25) is 0 Å². The summed E-state index contributed by atoms with van der Waals surface area (Å²) in [5.41, 5.74) is 2.29. The molecule has 2 aliphatic carbocycles. The minimum absolute atomic E-state index is 0.172. The molecule has 0 aliphatic heterocycles. The number of nitrogens with zero attached hydrogens (tertiary/aromatic N) is 2. The van der Waals surface area contributed by atoms with Crippen molar-refractivity contribution in [3.63, 3.8) is 0 Å². The van der Waals surface area contributed by atoms with E-state index in [9.17, 15) is 4.79 Å². The zero-order chi connectivity index (χ0) is 20.1. The Hall–Kier alpha value is -2.50. The summed E-state index contributed by atoms with van der Waals surface area (Å²) < 4.78 is 13.0. The predicted molar refractivity (Wildman–Crippen MR) is 109 cm³/mol. The van der Waals surface area contributed by atoms with Gasteiger partial charge in [-0.2, -0.15) is 5.10 Å². The van der Waals surface area contributed by atoms with Crippen LogP contribution in [-0.4, -0.2) is 35.9 Å². The highest BCUT2D eigenvalue weighted by molar-refractivity contribution is 5.92. The van der Waals surface area contributed by atoms with E-state index in [4.69, 9.17) is 9.47 Å². The molecule has 152 valence electrons. The van der Waals surface area contributed by atoms with Gasteiger partial charge in [0, 0.05) is 25.1 Å². The molecule has 0 bridgehead atoms. The van der Waals surface area contributed by atoms with Crippen molar-refractivity contribution in [3.05, 3.63) is 53.8 Å². The van der Waals surface area contributed by atoms with E-state index in [0.717, 1.165) is 24.1 Å². The topological polar surface area (TPSA) is 65.4 Å². The normalized spacial score (nSPS) is 17.8. The molecule has 0 saturated heterocycles. The number of nitrogens with one attached hydrogen (secondary N) is 1. The summed E-state index contributed by atoms with van der Waals surface area (Å²) in [6.45, 7) is 8.79. The van der Waals surface area contributed by atoms with Crippen LogP contribution in [0.2, 0.25) is 0 Å². The number of hydrogen-bond donors (Lipinski definition) is 1. The van der Waals surface area contributed by atoms with Crippen LogP contribution in [0.4, 0.5) is 0 Å². The summed E-state index contributed by atoms with van der Waals surface area (Å²) in [5, 5.41) is 7.37. The number of carbonyl (C=O) groups is 1. The van der Waals surface area contributed by atoms with Gasteiger partial charge in [-0.05, 0) is 37.7 Å². The summed E-state index contributed by atoms with van der Waals surface area (Å²) in [7, 11) is 3.37. The second-order valence-corrected chi connectivity index (χ2v) is 7.68. The number of aryl methyl sites for hydroxylation is 1. The molecule has 1 aromatic heterocycles. The van der Waals surface area contributed by atoms with Gasteiger partial charge in [0.15, 0.2) is 11.5 Å². The summed E-state index contributed by atoms with van der Waals surface area (Å²) in [4.78, 5) is 12.6. The summed E-state index contributed by atoms with van der Waals surface area (Å²) in [5.74, 6) is 1.94. The number of rotatable bonds is 10. The van der Waals surface area contributed by atoms with Gasteiger partial charge in [-0.15, -0.1) is 0 Å². The van der Waals surface area contributed by atoms with Crippen molar-refractivity contribution in [2.24, 2.45) is 13.0 Å². The van der Waals surface area contributed by atoms with Crippen molar-refractivity contribution >= 4 is 5.91 Å². The van der Waals surface area contributed by atoms with Crippen molar-refractivity contribution in [1.29, 1.82) is 0 Å². The molecule has 2 fully saturated rings. The Bertz CT molecular complexity index is 768. The lowest BCUT2D eigenvalue weighted by molar-refractivity contribution is 0.0947. The first-order valence-electron chi connectivity index (χ1n) is 10.1. The Morgan fingerprint density at radius 1 is 1.36 bits per heavy atom. The number of carbonyl (C=O) groups excluding carboxylic acids is 1. The SMILES string of the molecule is C=C/C(CNC(=O)c1cc(C2CC2)nn1C)=C(/OC)C(=C)OCC1CCCC1. The maximum absolute atomic E-state index is 12.6. The first-order chi connectivity index (χ1) is 13.5. The summed E-state index contributed by atoms with van der Waals surface area (Å²) in [6.07, 6.45) is 8.93. The van der Waals surface area contributed by atoms with Crippen molar-refractivity contribution in [2.45, 2.75) is 44.4 Å². The maximum atomic E-state index is 12.6. The molecule has 6 nitrogen and oxygen atoms in total. The second kappa shape index (κ2) is 9.13. The molecular formula is C22H31N3O3. The Kier molecular flexibility index (Phi) is 6.60. The van der Waals surface area contributed by atoms with Crippen LogP contribution >= 0.6 is 0 Å². The van der Waals surface area contributed by atoms with Gasteiger partial charge >= 0.3 is 0 Å². The first kappa shape index (κ1) is 20.2. The predicted octanol–water partition coefficient (Wildman–Crippen LogP) is 3.83. The zero-order valence-corrected chi connectivity index (χ0v) is 17.0. The second-order valence-electron chi connectivity index (χ2n) is 7.68. The largest absolute Gasteiger partial charge is 0.493 e. The molecule has 1 aromatic rings. The fraction of sp³-hybridized carbons (Fsp3) is 0.545. The summed E-state index contributed by atoms with van der Waals surface area (Å²) in [6, 6.07) is 1.88. The maximum Gasteiger partial charge on any atom is 0.269 e. The highest BCUT2D eigenvalue weighted by Crippen LogP contribution is 2.39. The fourth-order valence-electron chi connectivity index (χ4n) is 3.68. The van der Waals surface area contributed by atoms with E-state index in [0.29, 0.717) is 35.7 Å². The van der Waals surface area contributed by atoms with Crippen LogP contribution in [0.3, 0.4) is 0 Å². The highest BCUT2D eigenvalue weighted by atomic mass is 16.5. The van der Waals surface area contributed by atoms with Crippen LogP contribution in [0.15, 0.2) is 42.4 Å². The van der Waals surface area contributed by atoms with Crippen LogP contribution in [0, 0.1) is 5.92 Å². The van der Waals surface area contributed by atoms with Crippen LogP contribution in [0.25, 0.3) is 0 Å². The lowest BCUT2D eigenvalue weighted by atomic mass is 10.1. The molecule has 0 atom stereocenters. The number of ether oxygens (including phenoxy) is 2. The third-order valence-corrected chi connectivity index (χ3v) is 5.53. The smallest absolute Gasteiger partial charge is 0.269 e. The third-order valence-electron chi connectivity index (χ3n) is 5.53. The average Bonchev–Trinajstić information content (AvgIpc) is 3.26. The van der Waals surface area contributed by atoms with Crippen LogP contribution in [0.5, 0.6) is 0 Å². The van der Waals surface area contributed by atoms with E-state index >= 15 is 0 Å². The minimum atomic E-state index is -0.172. The number of aromatic nitrogens is 2. The van der Waals surface area contributed by atoms with E-state index in [1.54, 1.807) is 24.9 Å². The van der Waals surface area contributed by atoms with Crippen molar-refractivity contribution in [2.75, 3.05) is 20.3 Å². The van der Waals surface area contributed by atoms with Gasteiger partial charge in [-0.1, -0.05) is 32.1 Å². The molecule has 1 amide bonds. The Labute approximate surface area is 167 Å². The molecule has 0 spiro atoms. The molecule has 0 radical (unpaired) electrons. The van der Waals surface area contributed by atoms with Gasteiger partial charge < -0.3 is 14.8 Å². The first-order valence-corrected chi connectivity index (χ1v) is 10.1. The van der Waals surface area contributed by atoms with Crippen molar-refractivity contribution < 1.29 is 14.3 Å². The molecule has 2 saturated carbocycles. The van der Waals surface area contributed by atoms with E-state index in [-0.39, 0.29) is 12.5 Å². The molecule has 2 aliphatic rings. The van der Waals surface area contributed by atoms with Gasteiger partial charge in [0.1, 0.15) is 5.69 Å². The van der Waals surface area contributed by atoms with Crippen molar-refractivity contribution in [3.8, 4) is 0 Å². The monoisotopic (exact) mass is 385 g/mol. The molecule has 0 unspecified atom stereocenters. The fourth-order valence-corrected chi connectivity index (χ4v) is 3.68. The van der Waals surface area contributed by atoms with Crippen LogP contribution in [0.1, 0.15) is 60.6 Å². The van der Waals surface area contributed by atoms with Gasteiger partial charge in [0.05, 0.1) is 19.4 Å². The van der Waals surface area contributed by atoms with E-state index in [1.807, 2.05) is 6.07 Å². The molecule has 0 aromatic carbocycles. The van der Waals surface area contributed by atoms with E-state index in [2.05, 4.69) is 23.6 Å². The Balaban J connectivity index is 1.60. The Morgan fingerprint density at radius 2 is 2.07 bits per heavy atom. The van der Waals surface area contributed by atoms with E-state index in [1.165, 1.54) is 25.7 Å². The number of methoxy groups -OCH3 is 1. The molecular weight excluding hydrogens is 354 g/mol. The lowest BCUT2D eigenvalue weighted by Crippen LogP contribution is -2.28. The molecule has 28 heavy (non-hydrogen) atoms. The Morgan fingerprint density at radius 3 is 2.68 bits per heavy atom. The summed E-state index contributed by atoms with van der Waals surface area (Å²) >= 11 is 0. The van der Waals surface area contributed by atoms with Gasteiger partial charge in [-0.3, -0.25) is 9.48 Å². The minimum Gasteiger partial charge on any atom is -0.493 e. The standard InChI is InChI=1S/C22H31N3O3/c1-5-17(21(27-4)15(2)28-14-16-8-6-7-9-16)13-23-22(26)20-12-19(18-10-11-18)24-25(20)3/h5,12,16,18H,1-2,6-11,13-14H2,3-4H3,(H,23,26)/b21-17-. The molecule has 3 rings (SSSR count). The van der Waals surface area contributed by atoms with Crippen molar-refractivity contribution in [1.82, 2.24) is 15.1 Å². The quantitative estimate of drug-likeness (QED) is 0.491. The lowest BCUT2D eigenvalue weighted by Gasteiger charge is -2.17. The number of hydrogen-bond acceptors (Lipinski definition) is 4. The van der Waals surface area contributed by atoms with Gasteiger partial charge in [-0.25, -0.2) is 0 Å². The van der Waals surface area contributed by atoms with Crippen LogP contribution < -0.4 is 5.32 Å².